The van der Waals surface area contributed by atoms with Crippen LogP contribution in [0.15, 0.2) is 29.6 Å². The molecule has 0 aliphatic carbocycles. The number of oxime groups is 1. The van der Waals surface area contributed by atoms with Gasteiger partial charge in [-0.25, -0.2) is 0 Å². The SMILES string of the molecule is Cc1ccc(C(=O)Nc2[nH]ncc2C(N)=NO)cc1C. The van der Waals surface area contributed by atoms with Crippen LogP contribution in [0.1, 0.15) is 27.0 Å². The maximum Gasteiger partial charge on any atom is 0.256 e. The predicted octanol–water partition coefficient (Wildman–Crippen LogP) is 1.37. The number of amidine groups is 1. The van der Waals surface area contributed by atoms with Crippen molar-refractivity contribution in [3.63, 3.8) is 0 Å². The summed E-state index contributed by atoms with van der Waals surface area (Å²) in [6, 6.07) is 5.41. The number of nitrogens with zero attached hydrogens (tertiary/aromatic N) is 2. The first-order valence-corrected chi connectivity index (χ1v) is 5.92. The molecule has 0 saturated heterocycles. The van der Waals surface area contributed by atoms with Gasteiger partial charge in [0.05, 0.1) is 11.8 Å². The van der Waals surface area contributed by atoms with Crippen molar-refractivity contribution >= 4 is 17.6 Å². The molecular weight excluding hydrogens is 258 g/mol. The number of aromatic nitrogens is 2. The average molecular weight is 273 g/mol. The van der Waals surface area contributed by atoms with Crippen LogP contribution in [-0.2, 0) is 0 Å². The Kier molecular flexibility index (Phi) is 3.69. The number of carbonyl (C=O) groups excluding carboxylic acids is 1. The number of hydrogen-bond donors (Lipinski definition) is 4. The zero-order chi connectivity index (χ0) is 14.7. The quantitative estimate of drug-likeness (QED) is 0.292. The lowest BCUT2D eigenvalue weighted by molar-refractivity contribution is 0.102. The summed E-state index contributed by atoms with van der Waals surface area (Å²) < 4.78 is 0. The van der Waals surface area contributed by atoms with Crippen LogP contribution in [0.4, 0.5) is 5.82 Å². The largest absolute Gasteiger partial charge is 0.409 e. The van der Waals surface area contributed by atoms with E-state index in [-0.39, 0.29) is 17.6 Å². The number of benzene rings is 1. The molecule has 7 heteroatoms. The van der Waals surface area contributed by atoms with Gasteiger partial charge in [-0.1, -0.05) is 11.2 Å². The Labute approximate surface area is 115 Å². The summed E-state index contributed by atoms with van der Waals surface area (Å²) >= 11 is 0. The first kappa shape index (κ1) is 13.6. The van der Waals surface area contributed by atoms with Gasteiger partial charge in [0.1, 0.15) is 5.82 Å². The second-order valence-corrected chi connectivity index (χ2v) is 4.40. The molecule has 0 aliphatic heterocycles. The molecule has 1 amide bonds. The number of anilines is 1. The molecule has 1 heterocycles. The topological polar surface area (TPSA) is 116 Å². The maximum atomic E-state index is 12.1. The summed E-state index contributed by atoms with van der Waals surface area (Å²) in [5, 5.41) is 20.5. The van der Waals surface area contributed by atoms with Crippen molar-refractivity contribution in [2.24, 2.45) is 10.9 Å². The minimum Gasteiger partial charge on any atom is -0.409 e. The zero-order valence-corrected chi connectivity index (χ0v) is 11.1. The molecule has 0 radical (unpaired) electrons. The zero-order valence-electron chi connectivity index (χ0n) is 11.1. The van der Waals surface area contributed by atoms with Crippen LogP contribution < -0.4 is 11.1 Å². The van der Waals surface area contributed by atoms with Crippen molar-refractivity contribution in [3.8, 4) is 0 Å². The summed E-state index contributed by atoms with van der Waals surface area (Å²) in [7, 11) is 0. The van der Waals surface area contributed by atoms with E-state index in [4.69, 9.17) is 10.9 Å². The van der Waals surface area contributed by atoms with E-state index in [1.807, 2.05) is 19.9 Å². The third-order valence-corrected chi connectivity index (χ3v) is 3.03. The highest BCUT2D eigenvalue weighted by molar-refractivity contribution is 6.08. The fourth-order valence-electron chi connectivity index (χ4n) is 1.70. The van der Waals surface area contributed by atoms with E-state index in [1.165, 1.54) is 6.20 Å². The van der Waals surface area contributed by atoms with Gasteiger partial charge in [-0.05, 0) is 37.1 Å². The van der Waals surface area contributed by atoms with Gasteiger partial charge in [0.25, 0.3) is 5.91 Å². The standard InChI is InChI=1S/C13H15N5O2/c1-7-3-4-9(5-8(7)2)13(19)16-12-10(6-15-17-12)11(14)18-20/h3-6,20H,1-2H3,(H2,14,18)(H2,15,16,17,19). The van der Waals surface area contributed by atoms with E-state index in [1.54, 1.807) is 12.1 Å². The molecule has 0 atom stereocenters. The second-order valence-electron chi connectivity index (χ2n) is 4.40. The van der Waals surface area contributed by atoms with Gasteiger partial charge in [-0.2, -0.15) is 5.10 Å². The number of aromatic amines is 1. The van der Waals surface area contributed by atoms with E-state index in [0.717, 1.165) is 11.1 Å². The molecule has 0 fully saturated rings. The minimum absolute atomic E-state index is 0.130. The molecule has 5 N–H and O–H groups in total. The highest BCUT2D eigenvalue weighted by atomic mass is 16.4. The van der Waals surface area contributed by atoms with E-state index >= 15 is 0 Å². The lowest BCUT2D eigenvalue weighted by Crippen LogP contribution is -2.18. The molecule has 0 saturated carbocycles. The highest BCUT2D eigenvalue weighted by Crippen LogP contribution is 2.14. The maximum absolute atomic E-state index is 12.1. The summed E-state index contributed by atoms with van der Waals surface area (Å²) in [4.78, 5) is 12.1. The molecule has 2 aromatic rings. The smallest absolute Gasteiger partial charge is 0.256 e. The van der Waals surface area contributed by atoms with Crippen LogP contribution in [0.25, 0.3) is 0 Å². The number of amides is 1. The van der Waals surface area contributed by atoms with E-state index < -0.39 is 0 Å². The normalized spacial score (nSPS) is 11.4. The monoisotopic (exact) mass is 273 g/mol. The summed E-state index contributed by atoms with van der Waals surface area (Å²) in [6.07, 6.45) is 1.37. The van der Waals surface area contributed by atoms with Gasteiger partial charge >= 0.3 is 0 Å². The molecule has 0 aliphatic rings. The van der Waals surface area contributed by atoms with Crippen LogP contribution in [0.3, 0.4) is 0 Å². The molecule has 0 unspecified atom stereocenters. The Balaban J connectivity index is 2.24. The van der Waals surface area contributed by atoms with Crippen LogP contribution in [-0.4, -0.2) is 27.1 Å². The van der Waals surface area contributed by atoms with Gasteiger partial charge in [-0.3, -0.25) is 9.89 Å². The molecule has 104 valence electrons. The van der Waals surface area contributed by atoms with Crippen molar-refractivity contribution in [2.45, 2.75) is 13.8 Å². The van der Waals surface area contributed by atoms with Crippen molar-refractivity contribution in [3.05, 3.63) is 46.6 Å². The lowest BCUT2D eigenvalue weighted by Gasteiger charge is -2.07. The van der Waals surface area contributed by atoms with Crippen molar-refractivity contribution in [1.29, 1.82) is 0 Å². The first-order chi connectivity index (χ1) is 9.52. The lowest BCUT2D eigenvalue weighted by atomic mass is 10.1. The molecule has 0 bridgehead atoms. The van der Waals surface area contributed by atoms with Crippen LogP contribution in [0.5, 0.6) is 0 Å². The second kappa shape index (κ2) is 5.43. The van der Waals surface area contributed by atoms with Crippen LogP contribution in [0, 0.1) is 13.8 Å². The number of H-pyrrole nitrogens is 1. The summed E-state index contributed by atoms with van der Waals surface area (Å²) in [5.74, 6) is -0.151. The Morgan fingerprint density at radius 1 is 1.40 bits per heavy atom. The third-order valence-electron chi connectivity index (χ3n) is 3.03. The van der Waals surface area contributed by atoms with Crippen LogP contribution >= 0.6 is 0 Å². The van der Waals surface area contributed by atoms with E-state index in [9.17, 15) is 4.79 Å². The van der Waals surface area contributed by atoms with E-state index in [2.05, 4.69) is 20.7 Å². The first-order valence-electron chi connectivity index (χ1n) is 5.92. The van der Waals surface area contributed by atoms with Gasteiger partial charge in [0, 0.05) is 5.56 Å². The van der Waals surface area contributed by atoms with Crippen LogP contribution in [0.2, 0.25) is 0 Å². The molecule has 2 rings (SSSR count). The van der Waals surface area contributed by atoms with E-state index in [0.29, 0.717) is 11.1 Å². The Hall–Kier alpha value is -2.83. The average Bonchev–Trinajstić information content (AvgIpc) is 2.89. The fourth-order valence-corrected chi connectivity index (χ4v) is 1.70. The molecule has 7 nitrogen and oxygen atoms in total. The summed E-state index contributed by atoms with van der Waals surface area (Å²) in [5.41, 5.74) is 8.47. The number of nitrogens with two attached hydrogens (primary N) is 1. The van der Waals surface area contributed by atoms with Gasteiger partial charge in [-0.15, -0.1) is 0 Å². The Morgan fingerprint density at radius 3 is 2.80 bits per heavy atom. The Morgan fingerprint density at radius 2 is 2.15 bits per heavy atom. The molecule has 0 spiro atoms. The van der Waals surface area contributed by atoms with Gasteiger partial charge in [0.15, 0.2) is 5.84 Å². The van der Waals surface area contributed by atoms with Gasteiger partial charge in [0.2, 0.25) is 0 Å². The minimum atomic E-state index is -0.302. The Bertz CT molecular complexity index is 675. The van der Waals surface area contributed by atoms with Crippen molar-refractivity contribution < 1.29 is 10.0 Å². The van der Waals surface area contributed by atoms with Crippen molar-refractivity contribution in [2.75, 3.05) is 5.32 Å². The van der Waals surface area contributed by atoms with Crippen molar-refractivity contribution in [1.82, 2.24) is 10.2 Å². The predicted molar refractivity (Wildman–Crippen MR) is 75.0 cm³/mol. The molecular formula is C13H15N5O2. The van der Waals surface area contributed by atoms with Gasteiger partial charge < -0.3 is 16.3 Å². The summed E-state index contributed by atoms with van der Waals surface area (Å²) in [6.45, 7) is 3.91. The number of carbonyl (C=O) groups is 1. The molecule has 20 heavy (non-hydrogen) atoms. The number of hydrogen-bond acceptors (Lipinski definition) is 4. The number of aryl methyl sites for hydroxylation is 2. The number of nitrogens with one attached hydrogen (secondary N) is 2. The highest BCUT2D eigenvalue weighted by Gasteiger charge is 2.14. The third kappa shape index (κ3) is 2.61. The fraction of sp³-hybridized carbons (Fsp3) is 0.154. The number of rotatable bonds is 3. The molecule has 1 aromatic heterocycles. The molecule has 1 aromatic carbocycles.